The predicted octanol–water partition coefficient (Wildman–Crippen LogP) is 2.53. The Morgan fingerprint density at radius 1 is 1.48 bits per heavy atom. The Balaban J connectivity index is 1.77. The SMILES string of the molecule is CC1CCCCN1CCCNC(=O)c1c(O)cccc1F. The van der Waals surface area contributed by atoms with E-state index in [1.165, 1.54) is 37.5 Å². The molecule has 0 spiro atoms. The first kappa shape index (κ1) is 15.8. The Morgan fingerprint density at radius 2 is 2.29 bits per heavy atom. The number of aromatic hydroxyl groups is 1. The van der Waals surface area contributed by atoms with Crippen molar-refractivity contribution in [1.82, 2.24) is 10.2 Å². The molecule has 1 aromatic carbocycles. The number of hydrogen-bond donors (Lipinski definition) is 2. The molecule has 2 N–H and O–H groups in total. The zero-order chi connectivity index (χ0) is 15.2. The lowest BCUT2D eigenvalue weighted by molar-refractivity contribution is 0.0942. The van der Waals surface area contributed by atoms with E-state index in [0.29, 0.717) is 12.6 Å². The lowest BCUT2D eigenvalue weighted by atomic mass is 10.0. The van der Waals surface area contributed by atoms with Crippen LogP contribution in [0.5, 0.6) is 5.75 Å². The van der Waals surface area contributed by atoms with Crippen molar-refractivity contribution in [2.45, 2.75) is 38.6 Å². The molecule has 1 aliphatic rings. The summed E-state index contributed by atoms with van der Waals surface area (Å²) < 4.78 is 13.5. The van der Waals surface area contributed by atoms with E-state index in [-0.39, 0.29) is 11.3 Å². The van der Waals surface area contributed by atoms with Crippen molar-refractivity contribution in [3.05, 3.63) is 29.6 Å². The van der Waals surface area contributed by atoms with Gasteiger partial charge in [-0.25, -0.2) is 4.39 Å². The van der Waals surface area contributed by atoms with Crippen molar-refractivity contribution in [2.24, 2.45) is 0 Å². The maximum Gasteiger partial charge on any atom is 0.258 e. The van der Waals surface area contributed by atoms with Crippen LogP contribution in [0.15, 0.2) is 18.2 Å². The van der Waals surface area contributed by atoms with Gasteiger partial charge in [0, 0.05) is 19.1 Å². The van der Waals surface area contributed by atoms with Gasteiger partial charge >= 0.3 is 0 Å². The summed E-state index contributed by atoms with van der Waals surface area (Å²) in [6.45, 7) is 4.76. The Labute approximate surface area is 125 Å². The molecule has 0 saturated carbocycles. The van der Waals surface area contributed by atoms with Gasteiger partial charge in [-0.1, -0.05) is 12.5 Å². The second-order valence-corrected chi connectivity index (χ2v) is 5.62. The summed E-state index contributed by atoms with van der Waals surface area (Å²) >= 11 is 0. The van der Waals surface area contributed by atoms with Crippen LogP contribution in [0.25, 0.3) is 0 Å². The number of amides is 1. The fourth-order valence-corrected chi connectivity index (χ4v) is 2.80. The van der Waals surface area contributed by atoms with Gasteiger partial charge in [0.1, 0.15) is 17.1 Å². The van der Waals surface area contributed by atoms with Crippen LogP contribution in [0, 0.1) is 5.82 Å². The second-order valence-electron chi connectivity index (χ2n) is 5.62. The van der Waals surface area contributed by atoms with Crippen molar-refractivity contribution in [3.63, 3.8) is 0 Å². The Hall–Kier alpha value is -1.62. The molecule has 0 radical (unpaired) electrons. The minimum Gasteiger partial charge on any atom is -0.507 e. The summed E-state index contributed by atoms with van der Waals surface area (Å²) in [6, 6.07) is 4.46. The number of nitrogens with one attached hydrogen (secondary N) is 1. The monoisotopic (exact) mass is 294 g/mol. The molecule has 1 saturated heterocycles. The van der Waals surface area contributed by atoms with Gasteiger partial charge in [-0.2, -0.15) is 0 Å². The molecular formula is C16H23FN2O2. The van der Waals surface area contributed by atoms with Gasteiger partial charge in [0.15, 0.2) is 0 Å². The van der Waals surface area contributed by atoms with Crippen LogP contribution in [0.2, 0.25) is 0 Å². The molecule has 0 aromatic heterocycles. The van der Waals surface area contributed by atoms with Crippen molar-refractivity contribution >= 4 is 5.91 Å². The van der Waals surface area contributed by atoms with Gasteiger partial charge in [-0.3, -0.25) is 4.79 Å². The quantitative estimate of drug-likeness (QED) is 0.821. The lowest BCUT2D eigenvalue weighted by Gasteiger charge is -2.33. The third-order valence-corrected chi connectivity index (χ3v) is 4.07. The fourth-order valence-electron chi connectivity index (χ4n) is 2.80. The topological polar surface area (TPSA) is 52.6 Å². The van der Waals surface area contributed by atoms with Crippen LogP contribution in [0.4, 0.5) is 4.39 Å². The molecule has 1 heterocycles. The number of carbonyl (C=O) groups is 1. The summed E-state index contributed by atoms with van der Waals surface area (Å²) in [6.07, 6.45) is 4.58. The van der Waals surface area contributed by atoms with E-state index in [2.05, 4.69) is 17.1 Å². The molecule has 1 fully saturated rings. The minimum atomic E-state index is -0.697. The number of phenols is 1. The standard InChI is InChI=1S/C16H23FN2O2/c1-12-6-2-3-10-19(12)11-5-9-18-16(21)15-13(17)7-4-8-14(15)20/h4,7-8,12,20H,2-3,5-6,9-11H2,1H3,(H,18,21). The normalized spacial score (nSPS) is 19.4. The van der Waals surface area contributed by atoms with Crippen LogP contribution >= 0.6 is 0 Å². The van der Waals surface area contributed by atoms with E-state index < -0.39 is 11.7 Å². The largest absolute Gasteiger partial charge is 0.507 e. The van der Waals surface area contributed by atoms with Gasteiger partial charge in [0.2, 0.25) is 0 Å². The van der Waals surface area contributed by atoms with Crippen LogP contribution in [-0.2, 0) is 0 Å². The van der Waals surface area contributed by atoms with Crippen LogP contribution < -0.4 is 5.32 Å². The van der Waals surface area contributed by atoms with Crippen molar-refractivity contribution in [2.75, 3.05) is 19.6 Å². The molecule has 116 valence electrons. The number of likely N-dealkylation sites (tertiary alicyclic amines) is 1. The number of benzene rings is 1. The average Bonchev–Trinajstić information content (AvgIpc) is 2.45. The number of carbonyl (C=O) groups excluding carboxylic acids is 1. The molecule has 1 amide bonds. The molecule has 1 aliphatic heterocycles. The van der Waals surface area contributed by atoms with E-state index in [1.807, 2.05) is 0 Å². The number of phenolic OH excluding ortho intramolecular Hbond substituents is 1. The second kappa shape index (κ2) is 7.41. The van der Waals surface area contributed by atoms with Crippen molar-refractivity contribution in [3.8, 4) is 5.75 Å². The molecule has 5 heteroatoms. The summed E-state index contributed by atoms with van der Waals surface area (Å²) in [5, 5.41) is 12.2. The van der Waals surface area contributed by atoms with Gasteiger partial charge in [-0.15, -0.1) is 0 Å². The summed E-state index contributed by atoms with van der Waals surface area (Å²) in [4.78, 5) is 14.3. The van der Waals surface area contributed by atoms with Gasteiger partial charge < -0.3 is 15.3 Å². The first-order chi connectivity index (χ1) is 10.1. The molecule has 0 aliphatic carbocycles. The molecule has 1 unspecified atom stereocenters. The van der Waals surface area contributed by atoms with Gasteiger partial charge in [0.05, 0.1) is 0 Å². The zero-order valence-corrected chi connectivity index (χ0v) is 12.4. The van der Waals surface area contributed by atoms with Crippen LogP contribution in [0.1, 0.15) is 43.0 Å². The Kier molecular flexibility index (Phi) is 5.56. The highest BCUT2D eigenvalue weighted by molar-refractivity contribution is 5.97. The van der Waals surface area contributed by atoms with E-state index in [9.17, 15) is 14.3 Å². The molecule has 0 bridgehead atoms. The number of nitrogens with zero attached hydrogens (tertiary/aromatic N) is 1. The summed E-state index contributed by atoms with van der Waals surface area (Å²) in [5.41, 5.74) is -0.274. The van der Waals surface area contributed by atoms with Gasteiger partial charge in [0.25, 0.3) is 5.91 Å². The van der Waals surface area contributed by atoms with Gasteiger partial charge in [-0.05, 0) is 44.9 Å². The molecular weight excluding hydrogens is 271 g/mol. The fraction of sp³-hybridized carbons (Fsp3) is 0.562. The molecule has 21 heavy (non-hydrogen) atoms. The molecule has 4 nitrogen and oxygen atoms in total. The Bertz CT molecular complexity index is 473. The third kappa shape index (κ3) is 4.17. The molecule has 2 rings (SSSR count). The minimum absolute atomic E-state index is 0.274. The third-order valence-electron chi connectivity index (χ3n) is 4.07. The first-order valence-electron chi connectivity index (χ1n) is 7.59. The number of piperidine rings is 1. The number of rotatable bonds is 5. The van der Waals surface area contributed by atoms with Crippen LogP contribution in [-0.4, -0.2) is 41.6 Å². The van der Waals surface area contributed by atoms with Crippen molar-refractivity contribution < 1.29 is 14.3 Å². The van der Waals surface area contributed by atoms with E-state index in [1.54, 1.807) is 0 Å². The predicted molar refractivity (Wildman–Crippen MR) is 79.9 cm³/mol. The summed E-state index contributed by atoms with van der Waals surface area (Å²) in [7, 11) is 0. The highest BCUT2D eigenvalue weighted by atomic mass is 19.1. The van der Waals surface area contributed by atoms with E-state index in [4.69, 9.17) is 0 Å². The molecule has 1 aromatic rings. The average molecular weight is 294 g/mol. The smallest absolute Gasteiger partial charge is 0.258 e. The Morgan fingerprint density at radius 3 is 3.00 bits per heavy atom. The lowest BCUT2D eigenvalue weighted by Crippen LogP contribution is -2.39. The maximum absolute atomic E-state index is 13.5. The van der Waals surface area contributed by atoms with Crippen molar-refractivity contribution in [1.29, 1.82) is 0 Å². The van der Waals surface area contributed by atoms with E-state index in [0.717, 1.165) is 19.5 Å². The highest BCUT2D eigenvalue weighted by Crippen LogP contribution is 2.19. The molecule has 1 atom stereocenters. The number of halogens is 1. The highest BCUT2D eigenvalue weighted by Gasteiger charge is 2.18. The number of hydrogen-bond acceptors (Lipinski definition) is 3. The zero-order valence-electron chi connectivity index (χ0n) is 12.4. The van der Waals surface area contributed by atoms with Crippen LogP contribution in [0.3, 0.4) is 0 Å². The summed E-state index contributed by atoms with van der Waals surface area (Å²) in [5.74, 6) is -1.58. The van der Waals surface area contributed by atoms with E-state index >= 15 is 0 Å². The maximum atomic E-state index is 13.5. The first-order valence-corrected chi connectivity index (χ1v) is 7.59.